The Hall–Kier alpha value is -14.2. The summed E-state index contributed by atoms with van der Waals surface area (Å²) in [6.45, 7) is 0.360. The monoisotopic (exact) mass is 1420 g/mol. The highest BCUT2D eigenvalue weighted by Crippen LogP contribution is 2.50. The molecule has 518 valence electrons. The van der Waals surface area contributed by atoms with Crippen LogP contribution in [0.1, 0.15) is 0 Å². The summed E-state index contributed by atoms with van der Waals surface area (Å²) in [7, 11) is 0. The Morgan fingerprint density at radius 3 is 0.723 bits per heavy atom. The molecule has 0 saturated heterocycles. The fraction of sp³-hybridized carbons (Fsp3) is 0. The third-order valence-corrected chi connectivity index (χ3v) is 24.0. The predicted octanol–water partition coefficient (Wildman–Crippen LogP) is 23.3. The maximum Gasteiger partial charge on any atom is 0.329 e. The first kappa shape index (κ1) is 64.9. The summed E-state index contributed by atoms with van der Waals surface area (Å²) in [6.07, 6.45) is 0. The topological polar surface area (TPSA) is 9.72 Å². The van der Waals surface area contributed by atoms with E-state index in [-0.39, 0.29) is 20.5 Å². The van der Waals surface area contributed by atoms with Gasteiger partial charge in [0.2, 0.25) is 0 Å². The van der Waals surface area contributed by atoms with Gasteiger partial charge in [0.1, 0.15) is 0 Å². The first-order valence-corrected chi connectivity index (χ1v) is 39.0. The molecule has 18 aromatic rings. The number of hydrogen-bond acceptors (Lipinski definition) is 3. The molecular weight excluding hydrogens is 1350 g/mol. The highest BCUT2D eigenvalue weighted by Gasteiger charge is 2.45. The van der Waals surface area contributed by atoms with Crippen LogP contribution >= 0.6 is 0 Å². The summed E-state index contributed by atoms with van der Waals surface area (Å²) < 4.78 is 0. The van der Waals surface area contributed by atoms with Crippen LogP contribution in [0.5, 0.6) is 0 Å². The van der Waals surface area contributed by atoms with E-state index in [1.165, 1.54) is 200 Å². The van der Waals surface area contributed by atoms with Gasteiger partial charge in [-0.3, -0.25) is 0 Å². The van der Waals surface area contributed by atoms with Gasteiger partial charge in [-0.2, -0.15) is 0 Å². The van der Waals surface area contributed by atoms with E-state index in [0.29, 0.717) is 0 Å². The Labute approximate surface area is 655 Å². The third-order valence-electron chi connectivity index (χ3n) is 24.0. The minimum Gasteiger partial charge on any atom is -0.376 e. The molecule has 0 saturated carbocycles. The molecule has 6 aliphatic rings. The first-order valence-electron chi connectivity index (χ1n) is 39.0. The molecule has 24 rings (SSSR count). The first-order chi connectivity index (χ1) is 55.6. The van der Waals surface area contributed by atoms with Crippen molar-refractivity contribution in [2.75, 3.05) is 14.4 Å². The molecule has 6 aliphatic heterocycles. The summed E-state index contributed by atoms with van der Waals surface area (Å²) in [5.41, 5.74) is 43.9. The van der Waals surface area contributed by atoms with Crippen molar-refractivity contribution in [3.05, 3.63) is 425 Å². The Bertz CT molecular complexity index is 6770. The number of anilines is 6. The van der Waals surface area contributed by atoms with Gasteiger partial charge in [0.05, 0.1) is 0 Å². The standard InChI is InChI=1S/2C36H24BN.C34H22BN/c1-2-11-25(12-3-1)26-13-10-14-27(23-26)28-21-22-30-32-17-6-9-20-36(32)38-35-19-8-5-16-31(35)29-15-4-7-18-33(29)37(38)34(30)24-28;1-2-10-25(11-3-1)26-18-20-27(21-19-26)28-22-23-30-32-14-6-9-17-36(32)38-35-16-8-5-13-31(35)29-12-4-7-15-33(29)37(38)34(30)24-28;1-2-10-24-21-25(18-17-23(24)9-1)26-19-20-28-30-13-5-8-16-34(30)36-33-15-7-4-12-29(33)27-11-3-6-14-31(27)35(36)32(28)22-26/h2*1-24H;1-22H. The van der Waals surface area contributed by atoms with Crippen molar-refractivity contribution in [3.8, 4) is 122 Å². The zero-order chi connectivity index (χ0) is 73.7. The van der Waals surface area contributed by atoms with Gasteiger partial charge in [0.15, 0.2) is 0 Å². The van der Waals surface area contributed by atoms with Crippen LogP contribution in [-0.4, -0.2) is 20.5 Å². The second-order valence-electron chi connectivity index (χ2n) is 30.0. The Morgan fingerprint density at radius 2 is 0.348 bits per heavy atom. The average molecular weight is 1420 g/mol. The molecule has 0 spiro atoms. The van der Waals surface area contributed by atoms with E-state index in [1.54, 1.807) is 0 Å². The molecule has 0 bridgehead atoms. The lowest BCUT2D eigenvalue weighted by atomic mass is 9.43. The maximum atomic E-state index is 2.56. The molecule has 0 unspecified atom stereocenters. The Kier molecular flexibility index (Phi) is 15.6. The van der Waals surface area contributed by atoms with Crippen molar-refractivity contribution < 1.29 is 0 Å². The fourth-order valence-electron chi connectivity index (χ4n) is 19.0. The van der Waals surface area contributed by atoms with E-state index in [4.69, 9.17) is 0 Å². The minimum absolute atomic E-state index is 0.114. The van der Waals surface area contributed by atoms with Crippen LogP contribution < -0.4 is 47.2 Å². The van der Waals surface area contributed by atoms with Crippen molar-refractivity contribution in [2.24, 2.45) is 0 Å². The Morgan fingerprint density at radius 1 is 0.125 bits per heavy atom. The molecule has 0 N–H and O–H groups in total. The highest BCUT2D eigenvalue weighted by molar-refractivity contribution is 6.94. The van der Waals surface area contributed by atoms with E-state index in [0.717, 1.165) is 0 Å². The summed E-state index contributed by atoms with van der Waals surface area (Å²) in [6, 6.07) is 155. The maximum absolute atomic E-state index is 2.56. The average Bonchev–Trinajstić information content (AvgIpc) is 0.719. The molecule has 0 atom stereocenters. The van der Waals surface area contributed by atoms with Crippen LogP contribution in [-0.2, 0) is 0 Å². The van der Waals surface area contributed by atoms with E-state index in [9.17, 15) is 0 Å². The molecule has 112 heavy (non-hydrogen) atoms. The molecule has 0 amide bonds. The van der Waals surface area contributed by atoms with Crippen LogP contribution in [0.4, 0.5) is 34.1 Å². The summed E-state index contributed by atoms with van der Waals surface area (Å²) in [5.74, 6) is 0. The van der Waals surface area contributed by atoms with Gasteiger partial charge in [-0.1, -0.05) is 376 Å². The molecule has 6 heterocycles. The van der Waals surface area contributed by atoms with Gasteiger partial charge in [-0.25, -0.2) is 0 Å². The van der Waals surface area contributed by atoms with Gasteiger partial charge in [0, 0.05) is 67.5 Å². The molecule has 18 aromatic carbocycles. The summed E-state index contributed by atoms with van der Waals surface area (Å²) >= 11 is 0. The van der Waals surface area contributed by atoms with E-state index < -0.39 is 0 Å². The van der Waals surface area contributed by atoms with Gasteiger partial charge in [0.25, 0.3) is 0 Å². The van der Waals surface area contributed by atoms with Crippen molar-refractivity contribution in [1.82, 2.24) is 0 Å². The molecule has 3 nitrogen and oxygen atoms in total. The van der Waals surface area contributed by atoms with Gasteiger partial charge >= 0.3 is 20.5 Å². The van der Waals surface area contributed by atoms with Gasteiger partial charge in [-0.15, -0.1) is 0 Å². The smallest absolute Gasteiger partial charge is 0.329 e. The Balaban J connectivity index is 0.000000103. The van der Waals surface area contributed by atoms with E-state index in [2.05, 4.69) is 439 Å². The summed E-state index contributed by atoms with van der Waals surface area (Å²) in [5, 5.41) is 2.55. The lowest BCUT2D eigenvalue weighted by Crippen LogP contribution is -2.59. The molecular formula is C106H70B3N3. The number of rotatable bonds is 5. The molecule has 0 radical (unpaired) electrons. The predicted molar refractivity (Wildman–Crippen MR) is 477 cm³/mol. The number of fused-ring (bicyclic) bond motifs is 34. The van der Waals surface area contributed by atoms with Crippen molar-refractivity contribution in [1.29, 1.82) is 0 Å². The largest absolute Gasteiger partial charge is 0.376 e. The fourth-order valence-corrected chi connectivity index (χ4v) is 19.0. The number of nitrogens with zero attached hydrogens (tertiary/aromatic N) is 3. The SMILES string of the molecule is c1ccc(-c2ccc(-c3ccc4c(c3)B3c5ccccc5-c5ccccc5N3c3ccccc3-4)cc2)cc1.c1ccc(-c2cccc(-c3ccc4c(c3)B3c5ccccc5-c5ccccc5N3c3ccccc3-4)c2)cc1.c1ccc2c(c1)B1c3cc(-c4ccc5ccccc5c4)ccc3-c3ccccc3N1c1ccccc1-2. The zero-order valence-corrected chi connectivity index (χ0v) is 61.5. The van der Waals surface area contributed by atoms with E-state index in [1.807, 2.05) is 0 Å². The second-order valence-corrected chi connectivity index (χ2v) is 30.0. The normalized spacial score (nSPS) is 12.7. The van der Waals surface area contributed by atoms with Gasteiger partial charge < -0.3 is 14.4 Å². The summed E-state index contributed by atoms with van der Waals surface area (Å²) in [4.78, 5) is 7.66. The van der Waals surface area contributed by atoms with Crippen LogP contribution in [0, 0.1) is 0 Å². The molecule has 0 aliphatic carbocycles. The van der Waals surface area contributed by atoms with Crippen molar-refractivity contribution in [2.45, 2.75) is 0 Å². The van der Waals surface area contributed by atoms with Crippen LogP contribution in [0.25, 0.3) is 133 Å². The number of para-hydroxylation sites is 6. The van der Waals surface area contributed by atoms with Crippen LogP contribution in [0.2, 0.25) is 0 Å². The van der Waals surface area contributed by atoms with Crippen molar-refractivity contribution in [3.63, 3.8) is 0 Å². The third kappa shape index (κ3) is 10.7. The van der Waals surface area contributed by atoms with Crippen molar-refractivity contribution >= 4 is 98.2 Å². The van der Waals surface area contributed by atoms with Crippen LogP contribution in [0.3, 0.4) is 0 Å². The molecule has 0 fully saturated rings. The lowest BCUT2D eigenvalue weighted by Gasteiger charge is -2.43. The lowest BCUT2D eigenvalue weighted by molar-refractivity contribution is 1.35. The molecule has 6 heteroatoms. The number of benzene rings is 18. The number of hydrogen-bond donors (Lipinski definition) is 0. The zero-order valence-electron chi connectivity index (χ0n) is 61.5. The molecule has 0 aromatic heterocycles. The van der Waals surface area contributed by atoms with Gasteiger partial charge in [-0.05, 0) is 181 Å². The second kappa shape index (κ2) is 26.9. The van der Waals surface area contributed by atoms with Crippen LogP contribution in [0.15, 0.2) is 425 Å². The van der Waals surface area contributed by atoms with E-state index >= 15 is 0 Å². The minimum atomic E-state index is 0.114. The highest BCUT2D eigenvalue weighted by atomic mass is 15.1. The quantitative estimate of drug-likeness (QED) is 0.159.